The number of hydrogen-bond acceptors (Lipinski definition) is 10. The molecule has 0 aliphatic carbocycles. The van der Waals surface area contributed by atoms with E-state index < -0.39 is 25.9 Å². The lowest BCUT2D eigenvalue weighted by atomic mass is 10.1. The number of nitrogens with zero attached hydrogens (tertiary/aromatic N) is 2. The minimum atomic E-state index is -4.36. The second-order valence-corrected chi connectivity index (χ2v) is 13.2. The fraction of sp³-hybridized carbons (Fsp3) is 0.276. The predicted molar refractivity (Wildman–Crippen MR) is 155 cm³/mol. The topological polar surface area (TPSA) is 123 Å². The molecule has 1 aliphatic rings. The van der Waals surface area contributed by atoms with Gasteiger partial charge in [0.2, 0.25) is 0 Å². The van der Waals surface area contributed by atoms with Gasteiger partial charge in [0.1, 0.15) is 21.1 Å². The van der Waals surface area contributed by atoms with E-state index >= 15 is 0 Å². The van der Waals surface area contributed by atoms with Crippen molar-refractivity contribution in [3.05, 3.63) is 87.8 Å². The van der Waals surface area contributed by atoms with Crippen LogP contribution in [-0.2, 0) is 20.2 Å². The quantitative estimate of drug-likeness (QED) is 0.228. The molecule has 0 amide bonds. The van der Waals surface area contributed by atoms with Gasteiger partial charge in [-0.1, -0.05) is 35.4 Å². The maximum Gasteiger partial charge on any atom is 0.360 e. The largest absolute Gasteiger partial charge is 0.421 e. The minimum Gasteiger partial charge on any atom is -0.421 e. The van der Waals surface area contributed by atoms with Crippen LogP contribution in [0.5, 0.6) is 11.5 Å². The average Bonchev–Trinajstić information content (AvgIpc) is 2.89. The molecule has 1 aromatic heterocycles. The zero-order valence-electron chi connectivity index (χ0n) is 23.1. The molecule has 1 aliphatic heterocycles. The second kappa shape index (κ2) is 10.8. The minimum absolute atomic E-state index is 0.0731. The number of likely N-dealkylation sites (N-methyl/N-ethyl adjacent to an activating group) is 1. The maximum atomic E-state index is 13.3. The molecule has 0 saturated carbocycles. The number of benzene rings is 3. The van der Waals surface area contributed by atoms with Crippen LogP contribution >= 0.6 is 0 Å². The van der Waals surface area contributed by atoms with E-state index in [4.69, 9.17) is 12.8 Å². The van der Waals surface area contributed by atoms with Crippen molar-refractivity contribution in [3.8, 4) is 11.5 Å². The van der Waals surface area contributed by atoms with Crippen LogP contribution < -0.4 is 18.9 Å². The van der Waals surface area contributed by atoms with Gasteiger partial charge in [-0.25, -0.2) is 4.79 Å². The summed E-state index contributed by atoms with van der Waals surface area (Å²) in [6.45, 7) is 7.92. The van der Waals surface area contributed by atoms with E-state index in [2.05, 4.69) is 4.90 Å². The molecular weight excluding hydrogens is 568 g/mol. The zero-order valence-corrected chi connectivity index (χ0v) is 24.7. The fourth-order valence-corrected chi connectivity index (χ4v) is 6.55. The molecule has 10 nitrogen and oxygen atoms in total. The number of aryl methyl sites for hydroxylation is 3. The van der Waals surface area contributed by atoms with E-state index in [9.17, 15) is 21.6 Å². The first-order valence-electron chi connectivity index (χ1n) is 12.9. The average molecular weight is 599 g/mol. The highest BCUT2D eigenvalue weighted by Crippen LogP contribution is 2.38. The van der Waals surface area contributed by atoms with Gasteiger partial charge in [0.05, 0.1) is 5.39 Å². The van der Waals surface area contributed by atoms with Crippen molar-refractivity contribution in [2.24, 2.45) is 0 Å². The smallest absolute Gasteiger partial charge is 0.360 e. The van der Waals surface area contributed by atoms with Gasteiger partial charge in [-0.2, -0.15) is 16.8 Å². The molecule has 5 rings (SSSR count). The SMILES string of the molecule is Cc1ccc(S(=O)(=O)Oc2cc(OS(=O)(=O)c3ccc(C)cc3)c3c(C)c(N4CCN(C)CC4)c(=O)oc3c2)cc1. The number of anilines is 1. The standard InChI is InChI=1S/C29H30N2O8S2/c1-19-5-9-23(10-6-19)40(33,34)38-22-17-25-27(21(3)28(29(32)37-25)31-15-13-30(4)14-16-31)26(18-22)39-41(35,36)24-11-7-20(2)8-12-24/h5-12,17-18H,13-16H2,1-4H3. The van der Waals surface area contributed by atoms with Gasteiger partial charge in [0.25, 0.3) is 0 Å². The number of fused-ring (bicyclic) bond motifs is 1. The summed E-state index contributed by atoms with van der Waals surface area (Å²) in [6.07, 6.45) is 0. The molecule has 1 fully saturated rings. The molecule has 1 saturated heterocycles. The van der Waals surface area contributed by atoms with Crippen LogP contribution in [0.1, 0.15) is 16.7 Å². The van der Waals surface area contributed by atoms with Crippen molar-refractivity contribution in [2.75, 3.05) is 38.1 Å². The van der Waals surface area contributed by atoms with Crippen molar-refractivity contribution in [3.63, 3.8) is 0 Å². The van der Waals surface area contributed by atoms with Gasteiger partial charge < -0.3 is 22.6 Å². The van der Waals surface area contributed by atoms with Crippen LogP contribution in [0.25, 0.3) is 11.0 Å². The first kappa shape index (κ1) is 28.7. The van der Waals surface area contributed by atoms with Gasteiger partial charge >= 0.3 is 25.9 Å². The van der Waals surface area contributed by atoms with Crippen molar-refractivity contribution < 1.29 is 29.6 Å². The lowest BCUT2D eigenvalue weighted by Gasteiger charge is -2.34. The van der Waals surface area contributed by atoms with Crippen LogP contribution in [0.2, 0.25) is 0 Å². The molecule has 2 heterocycles. The summed E-state index contributed by atoms with van der Waals surface area (Å²) >= 11 is 0. The third kappa shape index (κ3) is 5.95. The van der Waals surface area contributed by atoms with Crippen LogP contribution in [-0.4, -0.2) is 55.0 Å². The Morgan fingerprint density at radius 3 is 1.78 bits per heavy atom. The summed E-state index contributed by atoms with van der Waals surface area (Å²) in [5, 5.41) is 0.217. The molecule has 0 spiro atoms. The van der Waals surface area contributed by atoms with Gasteiger partial charge in [0, 0.05) is 38.3 Å². The molecule has 41 heavy (non-hydrogen) atoms. The third-order valence-corrected chi connectivity index (χ3v) is 9.52. The van der Waals surface area contributed by atoms with Crippen molar-refractivity contribution in [2.45, 2.75) is 30.6 Å². The summed E-state index contributed by atoms with van der Waals surface area (Å²) in [7, 11) is -6.67. The summed E-state index contributed by atoms with van der Waals surface area (Å²) < 4.78 is 69.3. The molecule has 0 bridgehead atoms. The van der Waals surface area contributed by atoms with E-state index in [0.29, 0.717) is 24.3 Å². The highest BCUT2D eigenvalue weighted by molar-refractivity contribution is 7.87. The molecular formula is C29H30N2O8S2. The summed E-state index contributed by atoms with van der Waals surface area (Å²) in [4.78, 5) is 17.0. The Morgan fingerprint density at radius 1 is 0.732 bits per heavy atom. The summed E-state index contributed by atoms with van der Waals surface area (Å²) in [6, 6.07) is 14.6. The summed E-state index contributed by atoms with van der Waals surface area (Å²) in [5.41, 5.74) is 1.76. The molecule has 0 atom stereocenters. The highest BCUT2D eigenvalue weighted by Gasteiger charge is 2.27. The van der Waals surface area contributed by atoms with Crippen LogP contribution in [0.3, 0.4) is 0 Å². The fourth-order valence-electron chi connectivity index (χ4n) is 4.70. The molecule has 0 unspecified atom stereocenters. The molecule has 0 N–H and O–H groups in total. The lowest BCUT2D eigenvalue weighted by Crippen LogP contribution is -2.46. The highest BCUT2D eigenvalue weighted by atomic mass is 32.2. The molecule has 216 valence electrons. The van der Waals surface area contributed by atoms with Crippen LogP contribution in [0.4, 0.5) is 5.69 Å². The van der Waals surface area contributed by atoms with E-state index in [-0.39, 0.29) is 32.3 Å². The van der Waals surface area contributed by atoms with Crippen molar-refractivity contribution in [1.82, 2.24) is 4.90 Å². The Balaban J connectivity index is 1.66. The van der Waals surface area contributed by atoms with E-state index in [1.807, 2.05) is 25.8 Å². The van der Waals surface area contributed by atoms with Crippen LogP contribution in [0, 0.1) is 20.8 Å². The monoisotopic (exact) mass is 598 g/mol. The van der Waals surface area contributed by atoms with Crippen molar-refractivity contribution in [1.29, 1.82) is 0 Å². The number of piperazine rings is 1. The van der Waals surface area contributed by atoms with Crippen LogP contribution in [0.15, 0.2) is 79.7 Å². The first-order valence-corrected chi connectivity index (χ1v) is 15.7. The van der Waals surface area contributed by atoms with Crippen molar-refractivity contribution >= 4 is 36.9 Å². The first-order chi connectivity index (χ1) is 19.3. The molecule has 4 aromatic rings. The second-order valence-electron chi connectivity index (χ2n) is 10.1. The Labute approximate surface area is 239 Å². The molecule has 3 aromatic carbocycles. The van der Waals surface area contributed by atoms with E-state index in [1.165, 1.54) is 36.4 Å². The van der Waals surface area contributed by atoms with Gasteiger partial charge in [0.15, 0.2) is 11.5 Å². The Morgan fingerprint density at radius 2 is 1.24 bits per heavy atom. The zero-order chi connectivity index (χ0) is 29.5. The Bertz CT molecular complexity index is 1870. The Hall–Kier alpha value is -3.87. The normalized spacial score (nSPS) is 14.8. The molecule has 0 radical (unpaired) electrons. The maximum absolute atomic E-state index is 13.3. The van der Waals surface area contributed by atoms with Gasteiger partial charge in [-0.3, -0.25) is 0 Å². The van der Waals surface area contributed by atoms with E-state index in [1.54, 1.807) is 31.2 Å². The number of rotatable bonds is 7. The third-order valence-electron chi connectivity index (χ3n) is 7.01. The Kier molecular flexibility index (Phi) is 7.58. The van der Waals surface area contributed by atoms with Gasteiger partial charge in [-0.15, -0.1) is 0 Å². The van der Waals surface area contributed by atoms with Gasteiger partial charge in [-0.05, 0) is 57.6 Å². The molecule has 12 heteroatoms. The number of hydrogen-bond donors (Lipinski definition) is 0. The summed E-state index contributed by atoms with van der Waals surface area (Å²) in [5.74, 6) is -0.504. The predicted octanol–water partition coefficient (Wildman–Crippen LogP) is 4.01. The lowest BCUT2D eigenvalue weighted by molar-refractivity contribution is 0.311. The van der Waals surface area contributed by atoms with E-state index in [0.717, 1.165) is 24.2 Å².